The fourth-order valence-corrected chi connectivity index (χ4v) is 3.21. The van der Waals surface area contributed by atoms with E-state index < -0.39 is 10.1 Å². The van der Waals surface area contributed by atoms with E-state index in [2.05, 4.69) is 30.3 Å². The third kappa shape index (κ3) is 5.43. The SMILES string of the molecule is CCS(=O)(=O)O.N[C@H]1CC[C@@H](c2ccc(Cl)c(Cl)c2)c2ccccc21. The van der Waals surface area contributed by atoms with Gasteiger partial charge < -0.3 is 5.73 Å². The fraction of sp³-hybridized carbons (Fsp3) is 0.333. The van der Waals surface area contributed by atoms with Crippen LogP contribution in [0, 0.1) is 0 Å². The summed E-state index contributed by atoms with van der Waals surface area (Å²) < 4.78 is 26.9. The summed E-state index contributed by atoms with van der Waals surface area (Å²) in [6.45, 7) is 1.37. The number of rotatable bonds is 2. The highest BCUT2D eigenvalue weighted by Crippen LogP contribution is 2.41. The van der Waals surface area contributed by atoms with E-state index in [1.54, 1.807) is 0 Å². The Hall–Kier alpha value is -1.11. The van der Waals surface area contributed by atoms with Gasteiger partial charge in [0.15, 0.2) is 0 Å². The molecule has 0 amide bonds. The topological polar surface area (TPSA) is 80.4 Å². The van der Waals surface area contributed by atoms with Gasteiger partial charge in [0.05, 0.1) is 15.8 Å². The highest BCUT2D eigenvalue weighted by atomic mass is 35.5. The third-order valence-electron chi connectivity index (χ3n) is 4.25. The van der Waals surface area contributed by atoms with Crippen molar-refractivity contribution < 1.29 is 13.0 Å². The molecule has 0 radical (unpaired) electrons. The molecule has 7 heteroatoms. The summed E-state index contributed by atoms with van der Waals surface area (Å²) in [5, 5.41) is 1.22. The van der Waals surface area contributed by atoms with Gasteiger partial charge in [-0.15, -0.1) is 0 Å². The molecule has 0 bridgehead atoms. The number of hydrogen-bond acceptors (Lipinski definition) is 3. The van der Waals surface area contributed by atoms with Gasteiger partial charge in [-0.1, -0.05) is 53.5 Å². The first-order chi connectivity index (χ1) is 11.7. The normalized spacial score (nSPS) is 19.6. The highest BCUT2D eigenvalue weighted by molar-refractivity contribution is 7.85. The summed E-state index contributed by atoms with van der Waals surface area (Å²) in [6, 6.07) is 14.5. The summed E-state index contributed by atoms with van der Waals surface area (Å²) in [5.41, 5.74) is 9.98. The zero-order chi connectivity index (χ0) is 18.6. The Balaban J connectivity index is 0.000000326. The molecular formula is C18H21Cl2NO3S. The molecule has 2 atom stereocenters. The molecule has 2 aromatic rings. The van der Waals surface area contributed by atoms with E-state index in [-0.39, 0.29) is 11.8 Å². The Labute approximate surface area is 158 Å². The number of nitrogens with two attached hydrogens (primary N) is 1. The van der Waals surface area contributed by atoms with Crippen LogP contribution in [0.2, 0.25) is 10.0 Å². The second kappa shape index (κ2) is 8.52. The molecule has 25 heavy (non-hydrogen) atoms. The zero-order valence-corrected chi connectivity index (χ0v) is 16.2. The molecule has 136 valence electrons. The molecular weight excluding hydrogens is 381 g/mol. The van der Waals surface area contributed by atoms with Crippen molar-refractivity contribution in [2.45, 2.75) is 31.7 Å². The van der Waals surface area contributed by atoms with E-state index in [9.17, 15) is 8.42 Å². The largest absolute Gasteiger partial charge is 0.324 e. The van der Waals surface area contributed by atoms with Gasteiger partial charge in [0, 0.05) is 12.0 Å². The summed E-state index contributed by atoms with van der Waals surface area (Å²) >= 11 is 12.1. The summed E-state index contributed by atoms with van der Waals surface area (Å²) in [7, 11) is -3.66. The van der Waals surface area contributed by atoms with Crippen LogP contribution in [0.15, 0.2) is 42.5 Å². The van der Waals surface area contributed by atoms with Crippen molar-refractivity contribution in [2.75, 3.05) is 5.75 Å². The van der Waals surface area contributed by atoms with Crippen LogP contribution in [0.3, 0.4) is 0 Å². The van der Waals surface area contributed by atoms with Gasteiger partial charge in [-0.3, -0.25) is 4.55 Å². The minimum Gasteiger partial charge on any atom is -0.324 e. The van der Waals surface area contributed by atoms with Crippen molar-refractivity contribution >= 4 is 33.3 Å². The average molecular weight is 402 g/mol. The Morgan fingerprint density at radius 1 is 1.08 bits per heavy atom. The summed E-state index contributed by atoms with van der Waals surface area (Å²) in [5.74, 6) is 0.165. The Morgan fingerprint density at radius 2 is 1.68 bits per heavy atom. The summed E-state index contributed by atoms with van der Waals surface area (Å²) in [4.78, 5) is 0. The lowest BCUT2D eigenvalue weighted by atomic mass is 9.77. The second-order valence-electron chi connectivity index (χ2n) is 5.91. The number of benzene rings is 2. The molecule has 2 aromatic carbocycles. The lowest BCUT2D eigenvalue weighted by molar-refractivity contribution is 0.484. The van der Waals surface area contributed by atoms with Crippen molar-refractivity contribution in [2.24, 2.45) is 5.73 Å². The molecule has 0 aliphatic heterocycles. The van der Waals surface area contributed by atoms with Crippen LogP contribution in [0.1, 0.15) is 48.4 Å². The van der Waals surface area contributed by atoms with Gasteiger partial charge in [0.25, 0.3) is 10.1 Å². The first-order valence-corrected chi connectivity index (χ1v) is 10.3. The smallest absolute Gasteiger partial charge is 0.264 e. The van der Waals surface area contributed by atoms with Crippen molar-refractivity contribution in [3.8, 4) is 0 Å². The lowest BCUT2D eigenvalue weighted by Gasteiger charge is -2.30. The molecule has 0 fully saturated rings. The molecule has 0 saturated carbocycles. The standard InChI is InChI=1S/C16H15Cl2N.C2H6O3S/c17-14-7-5-10(9-15(14)18)11-6-8-16(19)13-4-2-1-3-12(11)13;1-2-6(3,4)5/h1-5,7,9,11,16H,6,8,19H2;2H2,1H3,(H,3,4,5)/t11-,16-;/m0./s1. The van der Waals surface area contributed by atoms with Crippen LogP contribution in [-0.2, 0) is 10.1 Å². The van der Waals surface area contributed by atoms with Crippen LogP contribution in [0.4, 0.5) is 0 Å². The minimum absolute atomic E-state index is 0.148. The molecule has 0 unspecified atom stereocenters. The van der Waals surface area contributed by atoms with Gasteiger partial charge >= 0.3 is 0 Å². The van der Waals surface area contributed by atoms with E-state index in [1.165, 1.54) is 23.6 Å². The Bertz CT molecular complexity index is 840. The maximum atomic E-state index is 9.56. The molecule has 0 saturated heterocycles. The van der Waals surface area contributed by atoms with E-state index in [0.29, 0.717) is 16.0 Å². The van der Waals surface area contributed by atoms with Crippen LogP contribution in [0.5, 0.6) is 0 Å². The molecule has 3 rings (SSSR count). The van der Waals surface area contributed by atoms with Crippen molar-refractivity contribution in [3.05, 3.63) is 69.2 Å². The predicted octanol–water partition coefficient (Wildman–Crippen LogP) is 4.81. The van der Waals surface area contributed by atoms with Gasteiger partial charge in [0.1, 0.15) is 0 Å². The van der Waals surface area contributed by atoms with E-state index in [4.69, 9.17) is 33.5 Å². The fourth-order valence-electron chi connectivity index (χ4n) is 2.90. The molecule has 0 spiro atoms. The highest BCUT2D eigenvalue weighted by Gasteiger charge is 2.26. The number of halogens is 2. The van der Waals surface area contributed by atoms with Crippen LogP contribution >= 0.6 is 23.2 Å². The van der Waals surface area contributed by atoms with Crippen molar-refractivity contribution in [3.63, 3.8) is 0 Å². The van der Waals surface area contributed by atoms with E-state index in [1.807, 2.05) is 12.1 Å². The van der Waals surface area contributed by atoms with Crippen LogP contribution < -0.4 is 5.73 Å². The summed E-state index contributed by atoms with van der Waals surface area (Å²) in [6.07, 6.45) is 2.05. The Kier molecular flexibility index (Phi) is 6.88. The molecule has 1 aliphatic rings. The predicted molar refractivity (Wildman–Crippen MR) is 103 cm³/mol. The van der Waals surface area contributed by atoms with Crippen LogP contribution in [0.25, 0.3) is 0 Å². The minimum atomic E-state index is -3.66. The Morgan fingerprint density at radius 3 is 2.24 bits per heavy atom. The second-order valence-corrected chi connectivity index (χ2v) is 8.47. The van der Waals surface area contributed by atoms with Crippen molar-refractivity contribution in [1.29, 1.82) is 0 Å². The van der Waals surface area contributed by atoms with Gasteiger partial charge in [-0.05, 0) is 48.6 Å². The van der Waals surface area contributed by atoms with Gasteiger partial charge in [0.2, 0.25) is 0 Å². The maximum absolute atomic E-state index is 9.56. The molecule has 0 aromatic heterocycles. The van der Waals surface area contributed by atoms with Crippen LogP contribution in [-0.4, -0.2) is 18.7 Å². The third-order valence-corrected chi connectivity index (χ3v) is 5.72. The molecule has 0 heterocycles. The molecule has 4 nitrogen and oxygen atoms in total. The average Bonchev–Trinajstić information content (AvgIpc) is 2.58. The zero-order valence-electron chi connectivity index (χ0n) is 13.8. The van der Waals surface area contributed by atoms with Gasteiger partial charge in [-0.25, -0.2) is 0 Å². The maximum Gasteiger partial charge on any atom is 0.264 e. The first-order valence-electron chi connectivity index (χ1n) is 7.97. The monoisotopic (exact) mass is 401 g/mol. The van der Waals surface area contributed by atoms with E-state index >= 15 is 0 Å². The number of hydrogen-bond donors (Lipinski definition) is 2. The number of fused-ring (bicyclic) bond motifs is 1. The van der Waals surface area contributed by atoms with Gasteiger partial charge in [-0.2, -0.15) is 8.42 Å². The van der Waals surface area contributed by atoms with Crippen molar-refractivity contribution in [1.82, 2.24) is 0 Å². The van der Waals surface area contributed by atoms with E-state index in [0.717, 1.165) is 12.8 Å². The quantitative estimate of drug-likeness (QED) is 0.707. The lowest BCUT2D eigenvalue weighted by Crippen LogP contribution is -2.20. The first kappa shape index (κ1) is 20.2. The molecule has 1 aliphatic carbocycles. The molecule has 3 N–H and O–H groups in total.